The molecule has 0 bridgehead atoms. The molecule has 1 saturated heterocycles. The van der Waals surface area contributed by atoms with Gasteiger partial charge in [-0.05, 0) is 46.5 Å². The summed E-state index contributed by atoms with van der Waals surface area (Å²) in [7, 11) is 0. The number of anilines is 1. The maximum absolute atomic E-state index is 12.2. The second-order valence-electron chi connectivity index (χ2n) is 8.45. The van der Waals surface area contributed by atoms with Crippen molar-refractivity contribution in [3.63, 3.8) is 0 Å². The first-order chi connectivity index (χ1) is 16.8. The van der Waals surface area contributed by atoms with Crippen LogP contribution in [0, 0.1) is 11.8 Å². The highest BCUT2D eigenvalue weighted by atomic mass is 16.5. The molecule has 0 aromatic heterocycles. The highest BCUT2D eigenvalue weighted by Gasteiger charge is 2.28. The number of nitrogens with zero attached hydrogens (tertiary/aromatic N) is 1. The van der Waals surface area contributed by atoms with Crippen LogP contribution in [0.25, 0.3) is 11.1 Å². The lowest BCUT2D eigenvalue weighted by atomic mass is 9.98. The van der Waals surface area contributed by atoms with Gasteiger partial charge in [-0.3, -0.25) is 0 Å². The van der Waals surface area contributed by atoms with Gasteiger partial charge in [-0.25, -0.2) is 4.79 Å². The van der Waals surface area contributed by atoms with E-state index in [0.717, 1.165) is 31.9 Å². The number of amides is 1. The quantitative estimate of drug-likeness (QED) is 0.446. The van der Waals surface area contributed by atoms with E-state index in [9.17, 15) is 4.79 Å². The van der Waals surface area contributed by atoms with E-state index in [0.29, 0.717) is 19.6 Å². The summed E-state index contributed by atoms with van der Waals surface area (Å²) in [6, 6.07) is 24.9. The zero-order valence-corrected chi connectivity index (χ0v) is 19.1. The van der Waals surface area contributed by atoms with Crippen LogP contribution in [-0.4, -0.2) is 45.5 Å². The summed E-state index contributed by atoms with van der Waals surface area (Å²) in [4.78, 5) is 14.6. The Bertz CT molecular complexity index is 1160. The van der Waals surface area contributed by atoms with E-state index in [2.05, 4.69) is 58.5 Å². The molecule has 1 aliphatic carbocycles. The molecule has 5 rings (SSSR count). The third kappa shape index (κ3) is 4.93. The Morgan fingerprint density at radius 3 is 2.26 bits per heavy atom. The van der Waals surface area contributed by atoms with Gasteiger partial charge in [0.1, 0.15) is 6.61 Å². The fourth-order valence-electron chi connectivity index (χ4n) is 4.62. The summed E-state index contributed by atoms with van der Waals surface area (Å²) in [6.07, 6.45) is 0.161. The van der Waals surface area contributed by atoms with E-state index in [1.807, 2.05) is 36.4 Å². The first-order valence-electron chi connectivity index (χ1n) is 11.8. The SMILES string of the molecule is O=C(NCCC#Cc1ccc(N2CCOCC2)cc1)OCC1c2ccccc2-c2ccccc21. The number of fused-ring (bicyclic) bond motifs is 3. The lowest BCUT2D eigenvalue weighted by Crippen LogP contribution is -2.36. The topological polar surface area (TPSA) is 50.8 Å². The third-order valence-electron chi connectivity index (χ3n) is 6.34. The Hall–Kier alpha value is -3.75. The average molecular weight is 453 g/mol. The Morgan fingerprint density at radius 2 is 1.59 bits per heavy atom. The molecule has 5 heteroatoms. The third-order valence-corrected chi connectivity index (χ3v) is 6.34. The van der Waals surface area contributed by atoms with Gasteiger partial charge in [0.15, 0.2) is 0 Å². The monoisotopic (exact) mass is 452 g/mol. The van der Waals surface area contributed by atoms with Crippen LogP contribution in [0.3, 0.4) is 0 Å². The Morgan fingerprint density at radius 1 is 0.941 bits per heavy atom. The molecule has 5 nitrogen and oxygen atoms in total. The minimum atomic E-state index is -0.404. The summed E-state index contributed by atoms with van der Waals surface area (Å²) in [5, 5.41) is 2.81. The zero-order chi connectivity index (χ0) is 23.2. The Labute approximate surface area is 200 Å². The molecule has 1 fully saturated rings. The number of rotatable bonds is 5. The van der Waals surface area contributed by atoms with Crippen molar-refractivity contribution in [3.05, 3.63) is 89.5 Å². The van der Waals surface area contributed by atoms with Gasteiger partial charge < -0.3 is 19.7 Å². The molecule has 3 aromatic rings. The van der Waals surface area contributed by atoms with Crippen molar-refractivity contribution in [2.24, 2.45) is 0 Å². The van der Waals surface area contributed by atoms with Crippen molar-refractivity contribution in [2.45, 2.75) is 12.3 Å². The minimum absolute atomic E-state index is 0.0679. The Kier molecular flexibility index (Phi) is 6.78. The maximum atomic E-state index is 12.2. The first-order valence-corrected chi connectivity index (χ1v) is 11.8. The molecular formula is C29H28N2O3. The molecule has 3 aromatic carbocycles. The molecule has 0 spiro atoms. The molecule has 1 N–H and O–H groups in total. The molecule has 0 atom stereocenters. The van der Waals surface area contributed by atoms with Gasteiger partial charge in [0, 0.05) is 43.2 Å². The van der Waals surface area contributed by atoms with E-state index in [-0.39, 0.29) is 5.92 Å². The lowest BCUT2D eigenvalue weighted by Gasteiger charge is -2.28. The molecule has 1 amide bonds. The van der Waals surface area contributed by atoms with Gasteiger partial charge in [0.05, 0.1) is 13.2 Å². The van der Waals surface area contributed by atoms with Crippen molar-refractivity contribution in [1.82, 2.24) is 5.32 Å². The number of benzene rings is 3. The predicted octanol–water partition coefficient (Wildman–Crippen LogP) is 4.80. The van der Waals surface area contributed by atoms with Crippen LogP contribution in [0.4, 0.5) is 10.5 Å². The highest BCUT2D eigenvalue weighted by molar-refractivity contribution is 5.79. The number of hydrogen-bond acceptors (Lipinski definition) is 4. The molecule has 0 unspecified atom stereocenters. The standard InChI is InChI=1S/C29H28N2O3/c32-29(34-21-28-26-10-3-1-8-24(26)25-9-2-4-11-27(25)28)30-16-6-5-7-22-12-14-23(15-13-22)31-17-19-33-20-18-31/h1-4,8-15,28H,6,16-21H2,(H,30,32). The summed E-state index contributed by atoms with van der Waals surface area (Å²) in [5.41, 5.74) is 7.04. The van der Waals surface area contributed by atoms with Crippen LogP contribution in [0.2, 0.25) is 0 Å². The van der Waals surface area contributed by atoms with Crippen molar-refractivity contribution >= 4 is 11.8 Å². The van der Waals surface area contributed by atoms with Gasteiger partial charge in [-0.15, -0.1) is 0 Å². The van der Waals surface area contributed by atoms with E-state index in [1.165, 1.54) is 27.9 Å². The number of carbonyl (C=O) groups excluding carboxylic acids is 1. The fraction of sp³-hybridized carbons (Fsp3) is 0.276. The summed E-state index contributed by atoms with van der Waals surface area (Å²) in [5.74, 6) is 6.36. The van der Waals surface area contributed by atoms with E-state index >= 15 is 0 Å². The predicted molar refractivity (Wildman–Crippen MR) is 134 cm³/mol. The van der Waals surface area contributed by atoms with E-state index in [4.69, 9.17) is 9.47 Å². The highest BCUT2D eigenvalue weighted by Crippen LogP contribution is 2.44. The molecule has 172 valence electrons. The number of carbonyl (C=O) groups is 1. The Balaban J connectivity index is 1.08. The second kappa shape index (κ2) is 10.5. The number of ether oxygens (including phenoxy) is 2. The molecule has 0 saturated carbocycles. The van der Waals surface area contributed by atoms with Crippen molar-refractivity contribution in [1.29, 1.82) is 0 Å². The van der Waals surface area contributed by atoms with Crippen LogP contribution >= 0.6 is 0 Å². The smallest absolute Gasteiger partial charge is 0.407 e. The lowest BCUT2D eigenvalue weighted by molar-refractivity contribution is 0.122. The average Bonchev–Trinajstić information content (AvgIpc) is 3.22. The number of morpholine rings is 1. The van der Waals surface area contributed by atoms with Crippen LogP contribution in [0.15, 0.2) is 72.8 Å². The van der Waals surface area contributed by atoms with Gasteiger partial charge in [-0.2, -0.15) is 0 Å². The van der Waals surface area contributed by atoms with Gasteiger partial charge in [0.25, 0.3) is 0 Å². The van der Waals surface area contributed by atoms with Crippen molar-refractivity contribution in [2.75, 3.05) is 44.4 Å². The molecule has 34 heavy (non-hydrogen) atoms. The summed E-state index contributed by atoms with van der Waals surface area (Å²) in [6.45, 7) is 4.17. The minimum Gasteiger partial charge on any atom is -0.449 e. The van der Waals surface area contributed by atoms with Gasteiger partial charge in [0.2, 0.25) is 0 Å². The summed E-state index contributed by atoms with van der Waals surface area (Å²) < 4.78 is 11.0. The maximum Gasteiger partial charge on any atom is 0.407 e. The molecule has 1 heterocycles. The summed E-state index contributed by atoms with van der Waals surface area (Å²) >= 11 is 0. The van der Waals surface area contributed by atoms with Gasteiger partial charge in [-0.1, -0.05) is 60.4 Å². The molecule has 0 radical (unpaired) electrons. The molecular weight excluding hydrogens is 424 g/mol. The fourth-order valence-corrected chi connectivity index (χ4v) is 4.62. The number of nitrogens with one attached hydrogen (secondary N) is 1. The van der Waals surface area contributed by atoms with Gasteiger partial charge >= 0.3 is 6.09 Å². The van der Waals surface area contributed by atoms with Crippen LogP contribution in [0.5, 0.6) is 0 Å². The van der Waals surface area contributed by atoms with Crippen LogP contribution in [-0.2, 0) is 9.47 Å². The zero-order valence-electron chi connectivity index (χ0n) is 19.1. The van der Waals surface area contributed by atoms with Crippen LogP contribution in [0.1, 0.15) is 29.0 Å². The van der Waals surface area contributed by atoms with Crippen molar-refractivity contribution < 1.29 is 14.3 Å². The molecule has 1 aliphatic heterocycles. The largest absolute Gasteiger partial charge is 0.449 e. The van der Waals surface area contributed by atoms with E-state index in [1.54, 1.807) is 0 Å². The number of alkyl carbamates (subject to hydrolysis) is 1. The first kappa shape index (κ1) is 22.1. The van der Waals surface area contributed by atoms with Crippen LogP contribution < -0.4 is 10.2 Å². The second-order valence-corrected chi connectivity index (χ2v) is 8.45. The molecule has 2 aliphatic rings. The number of hydrogen-bond donors (Lipinski definition) is 1. The normalized spacial score (nSPS) is 14.5. The van der Waals surface area contributed by atoms with Crippen molar-refractivity contribution in [3.8, 4) is 23.0 Å². The van der Waals surface area contributed by atoms with E-state index < -0.39 is 6.09 Å².